The molecule has 1 aliphatic rings. The van der Waals surface area contributed by atoms with Crippen LogP contribution >= 0.6 is 0 Å². The van der Waals surface area contributed by atoms with E-state index in [0.29, 0.717) is 12.5 Å². The topological polar surface area (TPSA) is 38.3 Å². The highest BCUT2D eigenvalue weighted by Gasteiger charge is 2.20. The SMILES string of the molecule is CCOC(=O)/C=C/c1ccccc1C1CNC1. The van der Waals surface area contributed by atoms with E-state index in [2.05, 4.69) is 11.4 Å². The normalized spacial score (nSPS) is 15.8. The maximum Gasteiger partial charge on any atom is 0.330 e. The molecule has 1 saturated heterocycles. The molecule has 0 unspecified atom stereocenters. The van der Waals surface area contributed by atoms with Crippen LogP contribution in [0.25, 0.3) is 6.08 Å². The summed E-state index contributed by atoms with van der Waals surface area (Å²) in [6.45, 7) is 4.26. The Morgan fingerprint density at radius 3 is 2.88 bits per heavy atom. The molecule has 2 rings (SSSR count). The number of ether oxygens (including phenoxy) is 1. The largest absolute Gasteiger partial charge is 0.463 e. The fourth-order valence-electron chi connectivity index (χ4n) is 1.89. The molecule has 0 radical (unpaired) electrons. The van der Waals surface area contributed by atoms with E-state index in [4.69, 9.17) is 4.74 Å². The Labute approximate surface area is 101 Å². The molecule has 1 aromatic rings. The molecular formula is C14H17NO2. The van der Waals surface area contributed by atoms with Gasteiger partial charge in [-0.2, -0.15) is 0 Å². The van der Waals surface area contributed by atoms with E-state index in [1.54, 1.807) is 6.92 Å². The van der Waals surface area contributed by atoms with E-state index in [1.807, 2.05) is 24.3 Å². The van der Waals surface area contributed by atoms with Crippen molar-refractivity contribution in [2.24, 2.45) is 0 Å². The minimum absolute atomic E-state index is 0.283. The van der Waals surface area contributed by atoms with Gasteiger partial charge in [0.15, 0.2) is 0 Å². The molecule has 1 aromatic carbocycles. The zero-order valence-electron chi connectivity index (χ0n) is 9.98. The fourth-order valence-corrected chi connectivity index (χ4v) is 1.89. The second-order valence-corrected chi connectivity index (χ2v) is 4.07. The molecule has 0 bridgehead atoms. The van der Waals surface area contributed by atoms with Crippen LogP contribution in [0.4, 0.5) is 0 Å². The van der Waals surface area contributed by atoms with Crippen molar-refractivity contribution in [2.75, 3.05) is 19.7 Å². The first kappa shape index (κ1) is 11.9. The zero-order valence-corrected chi connectivity index (χ0v) is 9.98. The molecule has 90 valence electrons. The highest BCUT2D eigenvalue weighted by Crippen LogP contribution is 2.24. The Kier molecular flexibility index (Phi) is 3.94. The van der Waals surface area contributed by atoms with Crippen LogP contribution < -0.4 is 5.32 Å². The maximum absolute atomic E-state index is 11.3. The average molecular weight is 231 g/mol. The van der Waals surface area contributed by atoms with Gasteiger partial charge in [0.2, 0.25) is 0 Å². The van der Waals surface area contributed by atoms with E-state index in [1.165, 1.54) is 11.6 Å². The van der Waals surface area contributed by atoms with E-state index < -0.39 is 0 Å². The number of rotatable bonds is 4. The number of carbonyl (C=O) groups is 1. The predicted molar refractivity (Wildman–Crippen MR) is 67.7 cm³/mol. The van der Waals surface area contributed by atoms with Crippen LogP contribution in [0, 0.1) is 0 Å². The average Bonchev–Trinajstić information content (AvgIpc) is 2.26. The van der Waals surface area contributed by atoms with Crippen LogP contribution in [-0.4, -0.2) is 25.7 Å². The lowest BCUT2D eigenvalue weighted by atomic mass is 9.90. The summed E-state index contributed by atoms with van der Waals surface area (Å²) in [5, 5.41) is 3.26. The van der Waals surface area contributed by atoms with Crippen LogP contribution in [0.2, 0.25) is 0 Å². The first-order chi connectivity index (χ1) is 8.31. The predicted octanol–water partition coefficient (Wildman–Crippen LogP) is 1.95. The van der Waals surface area contributed by atoms with Gasteiger partial charge in [-0.25, -0.2) is 4.79 Å². The molecule has 1 heterocycles. The number of carbonyl (C=O) groups excluding carboxylic acids is 1. The summed E-state index contributed by atoms with van der Waals surface area (Å²) in [7, 11) is 0. The van der Waals surface area contributed by atoms with Crippen LogP contribution in [0.3, 0.4) is 0 Å². The first-order valence-corrected chi connectivity index (χ1v) is 5.95. The van der Waals surface area contributed by atoms with Gasteiger partial charge in [-0.15, -0.1) is 0 Å². The number of esters is 1. The Balaban J connectivity index is 2.11. The molecule has 1 fully saturated rings. The smallest absolute Gasteiger partial charge is 0.330 e. The van der Waals surface area contributed by atoms with Gasteiger partial charge in [-0.3, -0.25) is 0 Å². The summed E-state index contributed by atoms with van der Waals surface area (Å²) < 4.78 is 4.87. The highest BCUT2D eigenvalue weighted by molar-refractivity contribution is 5.87. The summed E-state index contributed by atoms with van der Waals surface area (Å²) in [6, 6.07) is 8.18. The van der Waals surface area contributed by atoms with Crippen molar-refractivity contribution < 1.29 is 9.53 Å². The number of hydrogen-bond acceptors (Lipinski definition) is 3. The number of benzene rings is 1. The zero-order chi connectivity index (χ0) is 12.1. The second kappa shape index (κ2) is 5.64. The van der Waals surface area contributed by atoms with E-state index in [0.717, 1.165) is 18.7 Å². The fraction of sp³-hybridized carbons (Fsp3) is 0.357. The van der Waals surface area contributed by atoms with Gasteiger partial charge in [-0.05, 0) is 24.1 Å². The third kappa shape index (κ3) is 2.94. The van der Waals surface area contributed by atoms with Crippen molar-refractivity contribution in [3.63, 3.8) is 0 Å². The van der Waals surface area contributed by atoms with Gasteiger partial charge in [-0.1, -0.05) is 24.3 Å². The van der Waals surface area contributed by atoms with Gasteiger partial charge >= 0.3 is 5.97 Å². The Morgan fingerprint density at radius 2 is 2.24 bits per heavy atom. The molecule has 3 nitrogen and oxygen atoms in total. The maximum atomic E-state index is 11.3. The summed E-state index contributed by atoms with van der Waals surface area (Å²) in [5.74, 6) is 0.284. The molecule has 0 saturated carbocycles. The van der Waals surface area contributed by atoms with Gasteiger partial charge in [0, 0.05) is 25.1 Å². The van der Waals surface area contributed by atoms with Gasteiger partial charge in [0.1, 0.15) is 0 Å². The Hall–Kier alpha value is -1.61. The van der Waals surface area contributed by atoms with Crippen LogP contribution in [0.15, 0.2) is 30.3 Å². The quantitative estimate of drug-likeness (QED) is 0.636. The summed E-state index contributed by atoms with van der Waals surface area (Å²) in [6.07, 6.45) is 3.33. The lowest BCUT2D eigenvalue weighted by Gasteiger charge is -2.28. The molecule has 1 N–H and O–H groups in total. The van der Waals surface area contributed by atoms with Crippen molar-refractivity contribution in [3.05, 3.63) is 41.5 Å². The monoisotopic (exact) mass is 231 g/mol. The minimum atomic E-state index is -0.283. The summed E-state index contributed by atoms with van der Waals surface area (Å²) >= 11 is 0. The third-order valence-corrected chi connectivity index (χ3v) is 2.90. The van der Waals surface area contributed by atoms with Crippen LogP contribution in [0.1, 0.15) is 24.0 Å². The van der Waals surface area contributed by atoms with Crippen molar-refractivity contribution in [1.29, 1.82) is 0 Å². The van der Waals surface area contributed by atoms with Crippen LogP contribution in [0.5, 0.6) is 0 Å². The lowest BCUT2D eigenvalue weighted by Crippen LogP contribution is -2.40. The Morgan fingerprint density at radius 1 is 1.47 bits per heavy atom. The van der Waals surface area contributed by atoms with Crippen molar-refractivity contribution in [2.45, 2.75) is 12.8 Å². The van der Waals surface area contributed by atoms with Crippen LogP contribution in [-0.2, 0) is 9.53 Å². The summed E-state index contributed by atoms with van der Waals surface area (Å²) in [5.41, 5.74) is 2.40. The third-order valence-electron chi connectivity index (χ3n) is 2.90. The lowest BCUT2D eigenvalue weighted by molar-refractivity contribution is -0.137. The van der Waals surface area contributed by atoms with Crippen molar-refractivity contribution in [1.82, 2.24) is 5.32 Å². The van der Waals surface area contributed by atoms with Crippen molar-refractivity contribution in [3.8, 4) is 0 Å². The van der Waals surface area contributed by atoms with Gasteiger partial charge < -0.3 is 10.1 Å². The molecule has 0 spiro atoms. The van der Waals surface area contributed by atoms with Gasteiger partial charge in [0.25, 0.3) is 0 Å². The van der Waals surface area contributed by atoms with E-state index in [-0.39, 0.29) is 5.97 Å². The van der Waals surface area contributed by atoms with Gasteiger partial charge in [0.05, 0.1) is 6.61 Å². The number of hydrogen-bond donors (Lipinski definition) is 1. The molecule has 17 heavy (non-hydrogen) atoms. The Bertz CT molecular complexity index is 422. The highest BCUT2D eigenvalue weighted by atomic mass is 16.5. The number of nitrogens with one attached hydrogen (secondary N) is 1. The first-order valence-electron chi connectivity index (χ1n) is 5.95. The molecule has 0 atom stereocenters. The molecule has 0 aliphatic carbocycles. The minimum Gasteiger partial charge on any atom is -0.463 e. The molecule has 3 heteroatoms. The van der Waals surface area contributed by atoms with Crippen molar-refractivity contribution >= 4 is 12.0 Å². The second-order valence-electron chi connectivity index (χ2n) is 4.07. The summed E-state index contributed by atoms with van der Waals surface area (Å²) in [4.78, 5) is 11.3. The molecule has 0 aromatic heterocycles. The van der Waals surface area contributed by atoms with E-state index >= 15 is 0 Å². The molecular weight excluding hydrogens is 214 g/mol. The molecule has 0 amide bonds. The standard InChI is InChI=1S/C14H17NO2/c1-2-17-14(16)8-7-11-5-3-4-6-13(11)12-9-15-10-12/h3-8,12,15H,2,9-10H2,1H3/b8-7+. The van der Waals surface area contributed by atoms with E-state index in [9.17, 15) is 4.79 Å². The molecule has 1 aliphatic heterocycles.